The molecule has 3 aromatic rings. The molecular weight excluding hydrogens is 503 g/mol. The van der Waals surface area contributed by atoms with Crippen molar-refractivity contribution >= 4 is 52.4 Å². The predicted molar refractivity (Wildman–Crippen MR) is 141 cm³/mol. The number of ether oxygens (including phenoxy) is 2. The van der Waals surface area contributed by atoms with E-state index in [0.717, 1.165) is 11.1 Å². The SMILES string of the molecule is Cc1ccc(NC(=O)COC(=O)CCCC(=O)Nc2ccc(Oc3ccc(Cl)cc3Cl)cc2)c(C)c1. The topological polar surface area (TPSA) is 93.7 Å². The van der Waals surface area contributed by atoms with Crippen molar-refractivity contribution in [2.75, 3.05) is 17.2 Å². The predicted octanol–water partition coefficient (Wildman–Crippen LogP) is 6.69. The second-order valence-corrected chi connectivity index (χ2v) is 8.97. The zero-order chi connectivity index (χ0) is 26.1. The van der Waals surface area contributed by atoms with E-state index in [1.165, 1.54) is 0 Å². The molecule has 7 nitrogen and oxygen atoms in total. The first-order chi connectivity index (χ1) is 17.2. The van der Waals surface area contributed by atoms with E-state index >= 15 is 0 Å². The summed E-state index contributed by atoms with van der Waals surface area (Å²) in [7, 11) is 0. The molecule has 0 bridgehead atoms. The molecule has 0 atom stereocenters. The third kappa shape index (κ3) is 8.59. The molecule has 0 aromatic heterocycles. The summed E-state index contributed by atoms with van der Waals surface area (Å²) < 4.78 is 10.7. The van der Waals surface area contributed by atoms with Crippen LogP contribution in [0.3, 0.4) is 0 Å². The van der Waals surface area contributed by atoms with Crippen molar-refractivity contribution in [2.45, 2.75) is 33.1 Å². The van der Waals surface area contributed by atoms with Crippen LogP contribution in [0.4, 0.5) is 11.4 Å². The van der Waals surface area contributed by atoms with Crippen molar-refractivity contribution in [1.82, 2.24) is 0 Å². The molecule has 9 heteroatoms. The number of benzene rings is 3. The molecule has 0 radical (unpaired) electrons. The number of carbonyl (C=O) groups is 3. The van der Waals surface area contributed by atoms with Crippen molar-refractivity contribution in [2.24, 2.45) is 0 Å². The van der Waals surface area contributed by atoms with E-state index in [0.29, 0.717) is 39.3 Å². The van der Waals surface area contributed by atoms with Crippen LogP contribution in [0.15, 0.2) is 60.7 Å². The summed E-state index contributed by atoms with van der Waals surface area (Å²) in [6.07, 6.45) is 0.445. The van der Waals surface area contributed by atoms with Crippen LogP contribution in [0.2, 0.25) is 10.0 Å². The van der Waals surface area contributed by atoms with Crippen LogP contribution in [0.25, 0.3) is 0 Å². The highest BCUT2D eigenvalue weighted by Gasteiger charge is 2.11. The van der Waals surface area contributed by atoms with Gasteiger partial charge in [0.2, 0.25) is 5.91 Å². The fourth-order valence-electron chi connectivity index (χ4n) is 3.27. The molecule has 0 aliphatic rings. The van der Waals surface area contributed by atoms with Crippen LogP contribution in [-0.2, 0) is 19.1 Å². The van der Waals surface area contributed by atoms with Crippen molar-refractivity contribution in [1.29, 1.82) is 0 Å². The Hall–Kier alpha value is -3.55. The zero-order valence-electron chi connectivity index (χ0n) is 19.9. The molecule has 0 saturated carbocycles. The third-order valence-electron chi connectivity index (χ3n) is 5.06. The minimum absolute atomic E-state index is 0.0267. The molecular formula is C27H26Cl2N2O5. The summed E-state index contributed by atoms with van der Waals surface area (Å²) >= 11 is 12.0. The van der Waals surface area contributed by atoms with Crippen LogP contribution in [0.5, 0.6) is 11.5 Å². The molecule has 0 spiro atoms. The average molecular weight is 529 g/mol. The van der Waals surface area contributed by atoms with Crippen LogP contribution in [0, 0.1) is 13.8 Å². The molecule has 36 heavy (non-hydrogen) atoms. The van der Waals surface area contributed by atoms with E-state index in [9.17, 15) is 14.4 Å². The number of carbonyl (C=O) groups excluding carboxylic acids is 3. The Morgan fingerprint density at radius 3 is 2.28 bits per heavy atom. The molecule has 2 amide bonds. The maximum Gasteiger partial charge on any atom is 0.306 e. The number of anilines is 2. The summed E-state index contributed by atoms with van der Waals surface area (Å²) in [6, 6.07) is 17.4. The third-order valence-corrected chi connectivity index (χ3v) is 5.60. The van der Waals surface area contributed by atoms with Gasteiger partial charge in [-0.1, -0.05) is 40.9 Å². The number of amides is 2. The van der Waals surface area contributed by atoms with Gasteiger partial charge >= 0.3 is 5.97 Å². The Labute approximate surface area is 219 Å². The molecule has 3 rings (SSSR count). The molecule has 0 unspecified atom stereocenters. The Morgan fingerprint density at radius 2 is 1.58 bits per heavy atom. The first-order valence-electron chi connectivity index (χ1n) is 11.2. The number of hydrogen-bond acceptors (Lipinski definition) is 5. The van der Waals surface area contributed by atoms with Gasteiger partial charge in [0, 0.05) is 29.2 Å². The van der Waals surface area contributed by atoms with Crippen molar-refractivity contribution in [3.05, 3.63) is 81.8 Å². The first kappa shape index (κ1) is 27.0. The molecule has 0 aliphatic heterocycles. The van der Waals surface area contributed by atoms with Gasteiger partial charge in [-0.3, -0.25) is 14.4 Å². The molecule has 188 valence electrons. The van der Waals surface area contributed by atoms with Gasteiger partial charge in [0.05, 0.1) is 5.02 Å². The first-order valence-corrected chi connectivity index (χ1v) is 12.0. The van der Waals surface area contributed by atoms with E-state index in [4.69, 9.17) is 32.7 Å². The van der Waals surface area contributed by atoms with Gasteiger partial charge in [-0.15, -0.1) is 0 Å². The molecule has 0 aliphatic carbocycles. The second-order valence-electron chi connectivity index (χ2n) is 8.13. The van der Waals surface area contributed by atoms with E-state index in [2.05, 4.69) is 10.6 Å². The second kappa shape index (κ2) is 13.0. The lowest BCUT2D eigenvalue weighted by Gasteiger charge is -2.10. The maximum atomic E-state index is 12.2. The summed E-state index contributed by atoms with van der Waals surface area (Å²) in [4.78, 5) is 36.1. The van der Waals surface area contributed by atoms with Gasteiger partial charge in [0.15, 0.2) is 6.61 Å². The van der Waals surface area contributed by atoms with E-state index in [-0.39, 0.29) is 25.4 Å². The monoisotopic (exact) mass is 528 g/mol. The Kier molecular flexibility index (Phi) is 9.73. The Bertz CT molecular complexity index is 1250. The summed E-state index contributed by atoms with van der Waals surface area (Å²) in [6.45, 7) is 3.47. The van der Waals surface area contributed by atoms with E-state index < -0.39 is 11.9 Å². The van der Waals surface area contributed by atoms with Gasteiger partial charge in [-0.2, -0.15) is 0 Å². The summed E-state index contributed by atoms with van der Waals surface area (Å²) in [5.74, 6) is -0.196. The number of hydrogen-bond donors (Lipinski definition) is 2. The minimum Gasteiger partial charge on any atom is -0.456 e. The highest BCUT2D eigenvalue weighted by Crippen LogP contribution is 2.32. The number of rotatable bonds is 10. The fraction of sp³-hybridized carbons (Fsp3) is 0.222. The number of esters is 1. The van der Waals surface area contributed by atoms with Crippen molar-refractivity contribution < 1.29 is 23.9 Å². The molecule has 3 aromatic carbocycles. The van der Waals surface area contributed by atoms with Crippen LogP contribution in [0.1, 0.15) is 30.4 Å². The zero-order valence-corrected chi connectivity index (χ0v) is 21.4. The lowest BCUT2D eigenvalue weighted by Crippen LogP contribution is -2.21. The maximum absolute atomic E-state index is 12.2. The largest absolute Gasteiger partial charge is 0.456 e. The standard InChI is InChI=1S/C27H26Cl2N2O5/c1-17-6-12-23(18(2)14-17)31-26(33)16-35-27(34)5-3-4-25(32)30-20-8-10-21(11-9-20)36-24-13-7-19(28)15-22(24)29/h6-15H,3-5,16H2,1-2H3,(H,30,32)(H,31,33). The number of aryl methyl sites for hydroxylation is 2. The Balaban J connectivity index is 1.35. The quantitative estimate of drug-likeness (QED) is 0.285. The van der Waals surface area contributed by atoms with Gasteiger partial charge in [-0.05, 0) is 74.4 Å². The van der Waals surface area contributed by atoms with Crippen LogP contribution >= 0.6 is 23.2 Å². The molecule has 0 saturated heterocycles. The van der Waals surface area contributed by atoms with Gasteiger partial charge in [0.1, 0.15) is 11.5 Å². The number of nitrogens with one attached hydrogen (secondary N) is 2. The lowest BCUT2D eigenvalue weighted by molar-refractivity contribution is -0.147. The summed E-state index contributed by atoms with van der Waals surface area (Å²) in [5.41, 5.74) is 3.27. The van der Waals surface area contributed by atoms with Gasteiger partial charge < -0.3 is 20.1 Å². The highest BCUT2D eigenvalue weighted by atomic mass is 35.5. The fourth-order valence-corrected chi connectivity index (χ4v) is 3.71. The van der Waals surface area contributed by atoms with E-state index in [1.807, 2.05) is 26.0 Å². The Morgan fingerprint density at radius 1 is 0.833 bits per heavy atom. The number of halogens is 2. The van der Waals surface area contributed by atoms with Gasteiger partial charge in [0.25, 0.3) is 5.91 Å². The van der Waals surface area contributed by atoms with Gasteiger partial charge in [-0.25, -0.2) is 0 Å². The van der Waals surface area contributed by atoms with Crippen LogP contribution in [-0.4, -0.2) is 24.4 Å². The highest BCUT2D eigenvalue weighted by molar-refractivity contribution is 6.35. The van der Waals surface area contributed by atoms with E-state index in [1.54, 1.807) is 48.5 Å². The summed E-state index contributed by atoms with van der Waals surface area (Å²) in [5, 5.41) is 6.37. The normalized spacial score (nSPS) is 10.4. The van der Waals surface area contributed by atoms with Crippen LogP contribution < -0.4 is 15.4 Å². The van der Waals surface area contributed by atoms with Crippen molar-refractivity contribution in [3.63, 3.8) is 0 Å². The average Bonchev–Trinajstić information content (AvgIpc) is 2.82. The smallest absolute Gasteiger partial charge is 0.306 e. The van der Waals surface area contributed by atoms with Crippen molar-refractivity contribution in [3.8, 4) is 11.5 Å². The molecule has 2 N–H and O–H groups in total. The molecule has 0 fully saturated rings. The molecule has 0 heterocycles. The lowest BCUT2D eigenvalue weighted by atomic mass is 10.1. The minimum atomic E-state index is -0.541.